The van der Waals surface area contributed by atoms with Crippen LogP contribution in [0.4, 0.5) is 17.3 Å². The highest BCUT2D eigenvalue weighted by molar-refractivity contribution is 7.89. The van der Waals surface area contributed by atoms with Crippen molar-refractivity contribution in [2.45, 2.75) is 4.90 Å². The molecule has 1 amide bonds. The molecule has 0 unspecified atom stereocenters. The van der Waals surface area contributed by atoms with E-state index in [9.17, 15) is 13.2 Å². The molecule has 0 saturated heterocycles. The summed E-state index contributed by atoms with van der Waals surface area (Å²) in [4.78, 5) is 19.7. The minimum Gasteiger partial charge on any atom is -0.382 e. The highest BCUT2D eigenvalue weighted by Crippen LogP contribution is 2.28. The summed E-state index contributed by atoms with van der Waals surface area (Å²) in [6.07, 6.45) is 0. The number of fused-ring (bicyclic) bond motifs is 1. The van der Waals surface area contributed by atoms with Crippen LogP contribution in [-0.4, -0.2) is 66.1 Å². The molecule has 0 aliphatic rings. The highest BCUT2D eigenvalue weighted by Gasteiger charge is 2.24. The first kappa shape index (κ1) is 21.5. The van der Waals surface area contributed by atoms with Crippen LogP contribution in [0.15, 0.2) is 21.7 Å². The molecule has 0 atom stereocenters. The number of carbonyl (C=O) groups excluding carboxylic acids is 1. The summed E-state index contributed by atoms with van der Waals surface area (Å²) in [6.45, 7) is 0.440. The molecule has 0 spiro atoms. The van der Waals surface area contributed by atoms with Gasteiger partial charge in [-0.15, -0.1) is 0 Å². The van der Waals surface area contributed by atoms with Crippen molar-refractivity contribution >= 4 is 55.9 Å². The molecule has 3 aromatic rings. The Labute approximate surface area is 175 Å². The Morgan fingerprint density at radius 3 is 2.53 bits per heavy atom. The number of sulfonamides is 1. The molecule has 160 valence electrons. The third kappa shape index (κ3) is 4.05. The number of nitrogen functional groups attached to an aromatic ring is 2. The van der Waals surface area contributed by atoms with Gasteiger partial charge in [-0.3, -0.25) is 4.79 Å². The van der Waals surface area contributed by atoms with Crippen LogP contribution in [0.1, 0.15) is 10.5 Å². The molecule has 2 aromatic heterocycles. The monoisotopic (exact) mass is 455 g/mol. The van der Waals surface area contributed by atoms with Crippen molar-refractivity contribution in [1.29, 1.82) is 0 Å². The number of anilines is 3. The van der Waals surface area contributed by atoms with Gasteiger partial charge in [0.1, 0.15) is 4.90 Å². The zero-order chi connectivity index (χ0) is 22.1. The van der Waals surface area contributed by atoms with Crippen molar-refractivity contribution in [3.63, 3.8) is 0 Å². The van der Waals surface area contributed by atoms with Crippen LogP contribution in [0, 0.1) is 0 Å². The van der Waals surface area contributed by atoms with E-state index in [1.165, 1.54) is 26.2 Å². The van der Waals surface area contributed by atoms with Gasteiger partial charge in [-0.05, 0) is 22.4 Å². The number of halogens is 1. The van der Waals surface area contributed by atoms with E-state index in [0.29, 0.717) is 5.69 Å². The van der Waals surface area contributed by atoms with Gasteiger partial charge in [-0.1, -0.05) is 11.6 Å². The fourth-order valence-electron chi connectivity index (χ4n) is 2.46. The van der Waals surface area contributed by atoms with E-state index in [1.54, 1.807) is 0 Å². The van der Waals surface area contributed by atoms with Crippen LogP contribution in [0.5, 0.6) is 0 Å². The first-order chi connectivity index (χ1) is 14.1. The first-order valence-corrected chi connectivity index (χ1v) is 10.2. The number of amides is 1. The van der Waals surface area contributed by atoms with E-state index < -0.39 is 15.9 Å². The minimum absolute atomic E-state index is 0.0307. The van der Waals surface area contributed by atoms with Gasteiger partial charge in [0.05, 0.1) is 5.69 Å². The topological polar surface area (TPSA) is 195 Å². The van der Waals surface area contributed by atoms with Gasteiger partial charge in [0, 0.05) is 27.2 Å². The Morgan fingerprint density at radius 1 is 1.13 bits per heavy atom. The van der Waals surface area contributed by atoms with Crippen molar-refractivity contribution in [1.82, 2.24) is 29.9 Å². The second kappa shape index (κ2) is 8.25. The molecule has 2 heterocycles. The van der Waals surface area contributed by atoms with E-state index >= 15 is 0 Å². The van der Waals surface area contributed by atoms with Crippen LogP contribution < -0.4 is 22.1 Å². The lowest BCUT2D eigenvalue weighted by Gasteiger charge is -2.13. The lowest BCUT2D eigenvalue weighted by atomic mass is 10.2. The van der Waals surface area contributed by atoms with E-state index in [0.717, 1.165) is 4.31 Å². The standard InChI is InChI=1S/C15H18ClN9O4S/c1-25(2)30(27,28)8-4-3-7(9-10(8)24-29-23-9)19-5-6-20-15(26)11-13(17)22-14(18)12(16)21-11/h3-4,19H,5-6H2,1-2H3,(H,20,26)(H4,17,18,22). The number of benzene rings is 1. The second-order valence-corrected chi connectivity index (χ2v) is 8.65. The summed E-state index contributed by atoms with van der Waals surface area (Å²) in [5.74, 6) is -0.794. The number of aromatic nitrogens is 4. The molecule has 15 heteroatoms. The van der Waals surface area contributed by atoms with Crippen LogP contribution >= 0.6 is 11.6 Å². The molecule has 0 aliphatic heterocycles. The molecular weight excluding hydrogens is 438 g/mol. The molecule has 6 N–H and O–H groups in total. The number of hydrogen-bond acceptors (Lipinski definition) is 11. The number of hydrogen-bond donors (Lipinski definition) is 4. The molecular formula is C15H18ClN9O4S. The zero-order valence-corrected chi connectivity index (χ0v) is 17.5. The lowest BCUT2D eigenvalue weighted by molar-refractivity contribution is 0.0951. The van der Waals surface area contributed by atoms with E-state index in [-0.39, 0.29) is 51.5 Å². The number of nitrogens with two attached hydrogens (primary N) is 2. The third-order valence-electron chi connectivity index (χ3n) is 3.98. The second-order valence-electron chi connectivity index (χ2n) is 6.18. The Bertz CT molecular complexity index is 1210. The lowest BCUT2D eigenvalue weighted by Crippen LogP contribution is -2.30. The van der Waals surface area contributed by atoms with Crippen molar-refractivity contribution in [3.8, 4) is 0 Å². The van der Waals surface area contributed by atoms with E-state index in [1.807, 2.05) is 0 Å². The largest absolute Gasteiger partial charge is 0.382 e. The maximum absolute atomic E-state index is 12.4. The molecule has 3 rings (SSSR count). The maximum atomic E-state index is 12.4. The summed E-state index contributed by atoms with van der Waals surface area (Å²) in [5, 5.41) is 13.0. The predicted molar refractivity (Wildman–Crippen MR) is 109 cm³/mol. The molecule has 1 aromatic carbocycles. The minimum atomic E-state index is -3.73. The average molecular weight is 456 g/mol. The summed E-state index contributed by atoms with van der Waals surface area (Å²) in [7, 11) is -0.903. The van der Waals surface area contributed by atoms with Crippen LogP contribution in [0.25, 0.3) is 11.0 Å². The van der Waals surface area contributed by atoms with Crippen molar-refractivity contribution in [2.24, 2.45) is 0 Å². The normalized spacial score (nSPS) is 11.7. The Morgan fingerprint density at radius 2 is 1.83 bits per heavy atom. The smallest absolute Gasteiger partial charge is 0.273 e. The fraction of sp³-hybridized carbons (Fsp3) is 0.267. The SMILES string of the molecule is CN(C)S(=O)(=O)c1ccc(NCCNC(=O)c2nc(Cl)c(N)nc2N)c2nonc12. The Balaban J connectivity index is 1.68. The van der Waals surface area contributed by atoms with Crippen molar-refractivity contribution in [3.05, 3.63) is 23.0 Å². The number of nitrogens with zero attached hydrogens (tertiary/aromatic N) is 5. The Hall–Kier alpha value is -3.23. The predicted octanol–water partition coefficient (Wildman–Crippen LogP) is -0.0772. The number of nitrogens with one attached hydrogen (secondary N) is 2. The van der Waals surface area contributed by atoms with Gasteiger partial charge >= 0.3 is 0 Å². The molecule has 30 heavy (non-hydrogen) atoms. The summed E-state index contributed by atoms with van der Waals surface area (Å²) < 4.78 is 30.6. The van der Waals surface area contributed by atoms with Gasteiger partial charge in [0.2, 0.25) is 10.0 Å². The number of carbonyl (C=O) groups is 1. The molecule has 0 saturated carbocycles. The van der Waals surface area contributed by atoms with Crippen LogP contribution in [0.2, 0.25) is 5.15 Å². The maximum Gasteiger partial charge on any atom is 0.273 e. The molecule has 0 bridgehead atoms. The molecule has 0 fully saturated rings. The summed E-state index contributed by atoms with van der Waals surface area (Å²) in [5.41, 5.74) is 11.8. The first-order valence-electron chi connectivity index (χ1n) is 8.41. The molecule has 0 radical (unpaired) electrons. The molecule has 0 aliphatic carbocycles. The zero-order valence-electron chi connectivity index (χ0n) is 15.9. The van der Waals surface area contributed by atoms with Crippen LogP contribution in [-0.2, 0) is 10.0 Å². The van der Waals surface area contributed by atoms with Crippen molar-refractivity contribution < 1.29 is 17.8 Å². The Kier molecular flexibility index (Phi) is 5.91. The van der Waals surface area contributed by atoms with Gasteiger partial charge < -0.3 is 22.1 Å². The quantitative estimate of drug-likeness (QED) is 0.348. The van der Waals surface area contributed by atoms with Gasteiger partial charge in [0.25, 0.3) is 5.91 Å². The van der Waals surface area contributed by atoms with E-state index in [2.05, 4.69) is 30.9 Å². The van der Waals surface area contributed by atoms with Crippen molar-refractivity contribution in [2.75, 3.05) is 44.0 Å². The average Bonchev–Trinajstić information content (AvgIpc) is 3.17. The number of rotatable bonds is 7. The van der Waals surface area contributed by atoms with Crippen LogP contribution in [0.3, 0.4) is 0 Å². The fourth-order valence-corrected chi connectivity index (χ4v) is 3.60. The summed E-state index contributed by atoms with van der Waals surface area (Å²) in [6, 6.07) is 2.93. The van der Waals surface area contributed by atoms with E-state index in [4.69, 9.17) is 27.7 Å². The van der Waals surface area contributed by atoms with Gasteiger partial charge in [-0.2, -0.15) is 0 Å². The van der Waals surface area contributed by atoms with Gasteiger partial charge in [-0.25, -0.2) is 27.3 Å². The highest BCUT2D eigenvalue weighted by atomic mass is 35.5. The third-order valence-corrected chi connectivity index (χ3v) is 6.11. The molecule has 13 nitrogen and oxygen atoms in total. The van der Waals surface area contributed by atoms with Gasteiger partial charge in [0.15, 0.2) is 33.5 Å². The summed E-state index contributed by atoms with van der Waals surface area (Å²) >= 11 is 5.77.